The molecule has 1 aromatic heterocycles. The SMILES string of the molecule is Cc1nnsc1OC=O. The molecule has 0 radical (unpaired) electrons. The highest BCUT2D eigenvalue weighted by atomic mass is 32.1. The molecule has 0 bridgehead atoms. The van der Waals surface area contributed by atoms with Gasteiger partial charge in [-0.05, 0) is 6.92 Å². The lowest BCUT2D eigenvalue weighted by Gasteiger charge is -1.86. The predicted octanol–water partition coefficient (Wildman–Crippen LogP) is 0.382. The Balaban J connectivity index is 2.80. The van der Waals surface area contributed by atoms with Crippen molar-refractivity contribution in [3.8, 4) is 5.06 Å². The molecule has 4 nitrogen and oxygen atoms in total. The average molecular weight is 144 g/mol. The number of ether oxygens (including phenoxy) is 1. The maximum absolute atomic E-state index is 9.75. The minimum absolute atomic E-state index is 0.363. The van der Waals surface area contributed by atoms with Crippen molar-refractivity contribution < 1.29 is 9.53 Å². The molecule has 0 saturated heterocycles. The van der Waals surface area contributed by atoms with E-state index in [1.54, 1.807) is 6.92 Å². The zero-order chi connectivity index (χ0) is 6.69. The highest BCUT2D eigenvalue weighted by Gasteiger charge is 2.01. The quantitative estimate of drug-likeness (QED) is 0.563. The molecule has 0 fully saturated rings. The third kappa shape index (κ3) is 1.23. The van der Waals surface area contributed by atoms with Gasteiger partial charge in [0.2, 0.25) is 5.06 Å². The average Bonchev–Trinajstić information content (AvgIpc) is 2.18. The molecular formula is C4H4N2O2S. The van der Waals surface area contributed by atoms with Crippen molar-refractivity contribution >= 4 is 18.0 Å². The molecule has 1 aromatic rings. The minimum atomic E-state index is 0.363. The van der Waals surface area contributed by atoms with E-state index in [2.05, 4.69) is 14.3 Å². The molecule has 0 aromatic carbocycles. The van der Waals surface area contributed by atoms with E-state index in [-0.39, 0.29) is 0 Å². The van der Waals surface area contributed by atoms with Gasteiger partial charge in [0.25, 0.3) is 6.47 Å². The van der Waals surface area contributed by atoms with Gasteiger partial charge in [-0.25, -0.2) is 0 Å². The molecule has 0 atom stereocenters. The van der Waals surface area contributed by atoms with E-state index in [0.717, 1.165) is 11.5 Å². The molecule has 0 aliphatic heterocycles. The Morgan fingerprint density at radius 1 is 1.78 bits per heavy atom. The summed E-state index contributed by atoms with van der Waals surface area (Å²) in [4.78, 5) is 9.75. The third-order valence-electron chi connectivity index (χ3n) is 0.765. The molecule has 9 heavy (non-hydrogen) atoms. The molecule has 48 valence electrons. The molecule has 0 unspecified atom stereocenters. The number of aryl methyl sites for hydroxylation is 1. The largest absolute Gasteiger partial charge is 0.414 e. The minimum Gasteiger partial charge on any atom is -0.414 e. The standard InChI is InChI=1S/C4H4N2O2S/c1-3-4(8-2-7)9-6-5-3/h2H,1H3. The van der Waals surface area contributed by atoms with Crippen LogP contribution in [0.4, 0.5) is 0 Å². The second-order valence-corrected chi connectivity index (χ2v) is 2.08. The lowest BCUT2D eigenvalue weighted by Crippen LogP contribution is -1.86. The first-order valence-corrected chi connectivity index (χ1v) is 3.01. The van der Waals surface area contributed by atoms with Crippen LogP contribution < -0.4 is 4.74 Å². The van der Waals surface area contributed by atoms with Crippen molar-refractivity contribution in [2.24, 2.45) is 0 Å². The fourth-order valence-corrected chi connectivity index (χ4v) is 0.869. The third-order valence-corrected chi connectivity index (χ3v) is 1.49. The summed E-state index contributed by atoms with van der Waals surface area (Å²) in [6.07, 6.45) is 0. The van der Waals surface area contributed by atoms with Crippen LogP contribution in [0.1, 0.15) is 5.69 Å². The molecule has 0 aliphatic rings. The number of hydrogen-bond acceptors (Lipinski definition) is 5. The molecule has 0 amide bonds. The Morgan fingerprint density at radius 3 is 3.00 bits per heavy atom. The summed E-state index contributed by atoms with van der Waals surface area (Å²) in [6, 6.07) is 0. The molecular weight excluding hydrogens is 140 g/mol. The van der Waals surface area contributed by atoms with Crippen LogP contribution in [-0.2, 0) is 4.79 Å². The van der Waals surface area contributed by atoms with Crippen LogP contribution in [0.3, 0.4) is 0 Å². The summed E-state index contributed by atoms with van der Waals surface area (Å²) in [6.45, 7) is 2.09. The monoisotopic (exact) mass is 144 g/mol. The van der Waals surface area contributed by atoms with Gasteiger partial charge in [0.15, 0.2) is 0 Å². The lowest BCUT2D eigenvalue weighted by atomic mass is 10.6. The van der Waals surface area contributed by atoms with Crippen molar-refractivity contribution in [1.29, 1.82) is 0 Å². The van der Waals surface area contributed by atoms with Crippen LogP contribution in [0.5, 0.6) is 5.06 Å². The molecule has 0 spiro atoms. The second kappa shape index (κ2) is 2.54. The van der Waals surface area contributed by atoms with Gasteiger partial charge in [0.05, 0.1) is 0 Å². The Hall–Kier alpha value is -0.970. The van der Waals surface area contributed by atoms with Gasteiger partial charge in [-0.1, -0.05) is 4.49 Å². The van der Waals surface area contributed by atoms with Gasteiger partial charge in [-0.15, -0.1) is 5.10 Å². The number of carbonyl (C=O) groups excluding carboxylic acids is 1. The van der Waals surface area contributed by atoms with Crippen LogP contribution in [-0.4, -0.2) is 16.1 Å². The summed E-state index contributed by atoms with van der Waals surface area (Å²) in [5.74, 6) is 0. The number of hydrogen-bond donors (Lipinski definition) is 0. The van der Waals surface area contributed by atoms with E-state index in [1.807, 2.05) is 0 Å². The Morgan fingerprint density at radius 2 is 2.56 bits per heavy atom. The first kappa shape index (κ1) is 6.15. The lowest BCUT2D eigenvalue weighted by molar-refractivity contribution is -0.120. The zero-order valence-electron chi connectivity index (χ0n) is 4.70. The first-order chi connectivity index (χ1) is 4.34. The van der Waals surface area contributed by atoms with Crippen LogP contribution in [0.25, 0.3) is 0 Å². The van der Waals surface area contributed by atoms with Gasteiger partial charge >= 0.3 is 0 Å². The number of rotatable bonds is 2. The highest BCUT2D eigenvalue weighted by molar-refractivity contribution is 7.07. The number of aromatic nitrogens is 2. The maximum atomic E-state index is 9.75. The number of nitrogens with zero attached hydrogens (tertiary/aromatic N) is 2. The fraction of sp³-hybridized carbons (Fsp3) is 0.250. The molecule has 0 aliphatic carbocycles. The Labute approximate surface area is 55.6 Å². The molecule has 1 rings (SSSR count). The summed E-state index contributed by atoms with van der Waals surface area (Å²) in [5.41, 5.74) is 0.645. The van der Waals surface area contributed by atoms with Crippen molar-refractivity contribution in [2.75, 3.05) is 0 Å². The predicted molar refractivity (Wildman–Crippen MR) is 31.3 cm³/mol. The molecule has 0 N–H and O–H groups in total. The Kier molecular flexibility index (Phi) is 1.74. The van der Waals surface area contributed by atoms with Crippen LogP contribution >= 0.6 is 11.5 Å². The first-order valence-electron chi connectivity index (χ1n) is 2.24. The van der Waals surface area contributed by atoms with E-state index < -0.39 is 0 Å². The summed E-state index contributed by atoms with van der Waals surface area (Å²) in [7, 11) is 0. The summed E-state index contributed by atoms with van der Waals surface area (Å²) >= 11 is 1.06. The van der Waals surface area contributed by atoms with Crippen LogP contribution in [0, 0.1) is 6.92 Å². The Bertz CT molecular complexity index is 210. The molecule has 0 saturated carbocycles. The normalized spacial score (nSPS) is 9.00. The fourth-order valence-electron chi connectivity index (χ4n) is 0.376. The topological polar surface area (TPSA) is 52.1 Å². The van der Waals surface area contributed by atoms with Crippen molar-refractivity contribution in [3.05, 3.63) is 5.69 Å². The van der Waals surface area contributed by atoms with Crippen molar-refractivity contribution in [3.63, 3.8) is 0 Å². The van der Waals surface area contributed by atoms with E-state index >= 15 is 0 Å². The molecule has 5 heteroatoms. The second-order valence-electron chi connectivity index (χ2n) is 1.36. The van der Waals surface area contributed by atoms with Crippen molar-refractivity contribution in [1.82, 2.24) is 9.59 Å². The van der Waals surface area contributed by atoms with Gasteiger partial charge in [-0.2, -0.15) is 0 Å². The van der Waals surface area contributed by atoms with Gasteiger partial charge < -0.3 is 4.74 Å². The van der Waals surface area contributed by atoms with E-state index in [9.17, 15) is 4.79 Å². The van der Waals surface area contributed by atoms with E-state index in [4.69, 9.17) is 0 Å². The highest BCUT2D eigenvalue weighted by Crippen LogP contribution is 2.17. The molecule has 1 heterocycles. The van der Waals surface area contributed by atoms with Crippen LogP contribution in [0.15, 0.2) is 0 Å². The van der Waals surface area contributed by atoms with Crippen molar-refractivity contribution in [2.45, 2.75) is 6.92 Å². The zero-order valence-corrected chi connectivity index (χ0v) is 5.51. The van der Waals surface area contributed by atoms with Gasteiger partial charge in [-0.3, -0.25) is 4.79 Å². The van der Waals surface area contributed by atoms with E-state index in [1.165, 1.54) is 0 Å². The summed E-state index contributed by atoms with van der Waals surface area (Å²) < 4.78 is 8.04. The van der Waals surface area contributed by atoms with Gasteiger partial charge in [0, 0.05) is 11.5 Å². The maximum Gasteiger partial charge on any atom is 0.299 e. The number of carbonyl (C=O) groups is 1. The van der Waals surface area contributed by atoms with Gasteiger partial charge in [0.1, 0.15) is 5.69 Å². The summed E-state index contributed by atoms with van der Waals surface area (Å²) in [5, 5.41) is 4.08. The van der Waals surface area contributed by atoms with E-state index in [0.29, 0.717) is 17.2 Å². The van der Waals surface area contributed by atoms with Crippen LogP contribution in [0.2, 0.25) is 0 Å². The smallest absolute Gasteiger partial charge is 0.299 e.